The number of aliphatic hydroxyl groups is 1. The van der Waals surface area contributed by atoms with E-state index in [-0.39, 0.29) is 12.5 Å². The van der Waals surface area contributed by atoms with E-state index in [4.69, 9.17) is 9.05 Å². The fraction of sp³-hybridized carbons (Fsp3) is 0.844. The van der Waals surface area contributed by atoms with Crippen LogP contribution in [0.3, 0.4) is 0 Å². The Morgan fingerprint density at radius 3 is 1.98 bits per heavy atom. The lowest BCUT2D eigenvalue weighted by Crippen LogP contribution is -2.45. The van der Waals surface area contributed by atoms with Crippen LogP contribution in [0.5, 0.6) is 0 Å². The minimum atomic E-state index is -4.57. The highest BCUT2D eigenvalue weighted by Crippen LogP contribution is 2.38. The number of amides is 1. The van der Waals surface area contributed by atoms with Crippen molar-refractivity contribution in [2.24, 2.45) is 0 Å². The van der Waals surface area contributed by atoms with Crippen molar-refractivity contribution < 1.29 is 32.9 Å². The highest BCUT2D eigenvalue weighted by atomic mass is 31.2. The second-order valence-electron chi connectivity index (χ2n) is 12.2. The van der Waals surface area contributed by atoms with Gasteiger partial charge in [-0.25, -0.2) is 0 Å². The minimum Gasteiger partial charge on any atom is -0.756 e. The van der Waals surface area contributed by atoms with Crippen LogP contribution >= 0.6 is 7.82 Å². The number of quaternary nitrogens is 1. The van der Waals surface area contributed by atoms with E-state index < -0.39 is 26.6 Å². The highest BCUT2D eigenvalue weighted by molar-refractivity contribution is 7.45. The van der Waals surface area contributed by atoms with E-state index >= 15 is 0 Å². The van der Waals surface area contributed by atoms with Crippen molar-refractivity contribution in [3.05, 3.63) is 24.3 Å². The number of hydrogen-bond donors (Lipinski definition) is 2. The molecule has 0 radical (unpaired) electrons. The van der Waals surface area contributed by atoms with Gasteiger partial charge in [0, 0.05) is 6.42 Å². The second-order valence-corrected chi connectivity index (χ2v) is 13.6. The van der Waals surface area contributed by atoms with Crippen molar-refractivity contribution in [1.29, 1.82) is 0 Å². The normalized spacial score (nSPS) is 15.4. The van der Waals surface area contributed by atoms with Crippen LogP contribution in [0.15, 0.2) is 24.3 Å². The Bertz CT molecular complexity index is 738. The lowest BCUT2D eigenvalue weighted by molar-refractivity contribution is -0.870. The molecule has 0 aromatic carbocycles. The van der Waals surface area contributed by atoms with Crippen molar-refractivity contribution in [2.45, 2.75) is 135 Å². The van der Waals surface area contributed by atoms with Gasteiger partial charge in [0.15, 0.2) is 0 Å². The number of carbonyl (C=O) groups is 1. The summed E-state index contributed by atoms with van der Waals surface area (Å²) in [6.45, 7) is 4.51. The lowest BCUT2D eigenvalue weighted by atomic mass is 10.1. The van der Waals surface area contributed by atoms with Gasteiger partial charge in [-0.1, -0.05) is 109 Å². The lowest BCUT2D eigenvalue weighted by Gasteiger charge is -2.29. The molecule has 0 aliphatic rings. The summed E-state index contributed by atoms with van der Waals surface area (Å²) in [7, 11) is 1.24. The summed E-state index contributed by atoms with van der Waals surface area (Å²) in [5, 5.41) is 13.5. The summed E-state index contributed by atoms with van der Waals surface area (Å²) >= 11 is 0. The molecule has 0 bridgehead atoms. The van der Waals surface area contributed by atoms with Crippen LogP contribution < -0.4 is 10.2 Å². The smallest absolute Gasteiger partial charge is 0.268 e. The molecule has 0 fully saturated rings. The van der Waals surface area contributed by atoms with Crippen LogP contribution in [0.1, 0.15) is 123 Å². The Kier molecular flexibility index (Phi) is 24.8. The molecule has 0 spiro atoms. The molecule has 0 saturated carbocycles. The van der Waals surface area contributed by atoms with Crippen molar-refractivity contribution in [2.75, 3.05) is 40.9 Å². The Hall–Kier alpha value is -1.02. The predicted octanol–water partition coefficient (Wildman–Crippen LogP) is 6.82. The van der Waals surface area contributed by atoms with Crippen LogP contribution in [0, 0.1) is 0 Å². The van der Waals surface area contributed by atoms with Gasteiger partial charge in [0.05, 0.1) is 39.9 Å². The zero-order valence-corrected chi connectivity index (χ0v) is 27.9. The molecule has 242 valence electrons. The largest absolute Gasteiger partial charge is 0.756 e. The molecule has 0 aliphatic heterocycles. The van der Waals surface area contributed by atoms with Gasteiger partial charge in [-0.3, -0.25) is 9.36 Å². The summed E-state index contributed by atoms with van der Waals surface area (Å²) in [6, 6.07) is -0.893. The quantitative estimate of drug-likeness (QED) is 0.0440. The first-order valence-electron chi connectivity index (χ1n) is 16.2. The number of rotatable bonds is 28. The third kappa shape index (κ3) is 27.6. The zero-order chi connectivity index (χ0) is 30.8. The van der Waals surface area contributed by atoms with E-state index in [1.807, 2.05) is 27.2 Å². The Labute approximate surface area is 252 Å². The average molecular weight is 603 g/mol. The Morgan fingerprint density at radius 1 is 0.829 bits per heavy atom. The van der Waals surface area contributed by atoms with E-state index in [1.165, 1.54) is 64.2 Å². The van der Waals surface area contributed by atoms with Crippen molar-refractivity contribution in [3.63, 3.8) is 0 Å². The molecular weight excluding hydrogens is 539 g/mol. The number of likely N-dealkylation sites (N-methyl/N-ethyl adjacent to an activating group) is 1. The van der Waals surface area contributed by atoms with Crippen LogP contribution in [0.2, 0.25) is 0 Å². The molecule has 0 aromatic rings. The first-order valence-corrected chi connectivity index (χ1v) is 17.7. The maximum Gasteiger partial charge on any atom is 0.268 e. The fourth-order valence-electron chi connectivity index (χ4n) is 4.22. The predicted molar refractivity (Wildman–Crippen MR) is 168 cm³/mol. The molecule has 8 nitrogen and oxygen atoms in total. The molecule has 3 unspecified atom stereocenters. The molecule has 0 heterocycles. The topological polar surface area (TPSA) is 108 Å². The molecule has 0 saturated heterocycles. The Morgan fingerprint density at radius 2 is 1.37 bits per heavy atom. The second kappa shape index (κ2) is 25.5. The molecule has 0 aromatic heterocycles. The number of nitrogens with one attached hydrogen (secondary N) is 1. The van der Waals surface area contributed by atoms with Crippen LogP contribution in [-0.2, 0) is 18.4 Å². The summed E-state index contributed by atoms with van der Waals surface area (Å²) in [6.07, 6.45) is 25.2. The number of aliphatic hydroxyl groups excluding tert-OH is 1. The monoisotopic (exact) mass is 602 g/mol. The summed E-state index contributed by atoms with van der Waals surface area (Å²) in [5.41, 5.74) is 0. The molecule has 1 amide bonds. The first-order chi connectivity index (χ1) is 19.5. The molecule has 41 heavy (non-hydrogen) atoms. The van der Waals surface area contributed by atoms with Crippen LogP contribution in [0.25, 0.3) is 0 Å². The van der Waals surface area contributed by atoms with Gasteiger partial charge in [0.25, 0.3) is 7.82 Å². The first kappa shape index (κ1) is 40.0. The Balaban J connectivity index is 4.69. The van der Waals surface area contributed by atoms with Gasteiger partial charge in [0.1, 0.15) is 13.2 Å². The van der Waals surface area contributed by atoms with Crippen molar-refractivity contribution >= 4 is 13.7 Å². The number of unbranched alkanes of at least 4 members (excludes halogenated alkanes) is 13. The number of hydrogen-bond acceptors (Lipinski definition) is 6. The number of phosphoric acid groups is 1. The van der Waals surface area contributed by atoms with E-state index in [2.05, 4.69) is 31.3 Å². The van der Waals surface area contributed by atoms with Gasteiger partial charge >= 0.3 is 0 Å². The molecule has 2 N–H and O–H groups in total. The number of carbonyl (C=O) groups excluding carboxylic acids is 1. The summed E-state index contributed by atoms with van der Waals surface area (Å²) in [4.78, 5) is 24.9. The zero-order valence-electron chi connectivity index (χ0n) is 27.0. The van der Waals surface area contributed by atoms with Gasteiger partial charge in [-0.05, 0) is 32.1 Å². The standard InChI is InChI=1S/C32H63N2O6P/c1-6-8-10-12-14-16-18-20-22-24-26-32(36)33-30(29-40-41(37,38)39-28-27-34(3,4)5)31(35)25-23-21-19-17-15-13-11-9-7-2/h15,17,23,25,30-31,35H,6-14,16,18-22,24,26-29H2,1-5H3,(H-,33,36,37,38)/b17-15+,25-23+. The van der Waals surface area contributed by atoms with E-state index in [0.29, 0.717) is 17.4 Å². The molecule has 3 atom stereocenters. The van der Waals surface area contributed by atoms with E-state index in [1.54, 1.807) is 6.08 Å². The number of allylic oxidation sites excluding steroid dienone is 3. The average Bonchev–Trinajstić information content (AvgIpc) is 2.90. The highest BCUT2D eigenvalue weighted by Gasteiger charge is 2.23. The van der Waals surface area contributed by atoms with Gasteiger partial charge in [-0.15, -0.1) is 0 Å². The molecule has 9 heteroatoms. The van der Waals surface area contributed by atoms with Gasteiger partial charge < -0.3 is 28.8 Å². The van der Waals surface area contributed by atoms with E-state index in [0.717, 1.165) is 38.5 Å². The SMILES string of the molecule is CCCCC/C=C/CC/C=C/C(O)C(COP(=O)([O-])OCC[N+](C)(C)C)NC(=O)CCCCCCCCCCCC. The number of phosphoric ester groups is 1. The van der Waals surface area contributed by atoms with Gasteiger partial charge in [0.2, 0.25) is 5.91 Å². The number of nitrogens with zero attached hydrogens (tertiary/aromatic N) is 1. The summed E-state index contributed by atoms with van der Waals surface area (Å²) < 4.78 is 22.9. The van der Waals surface area contributed by atoms with Crippen molar-refractivity contribution in [3.8, 4) is 0 Å². The van der Waals surface area contributed by atoms with Crippen LogP contribution in [0.4, 0.5) is 0 Å². The maximum atomic E-state index is 12.6. The van der Waals surface area contributed by atoms with E-state index in [9.17, 15) is 19.4 Å². The summed E-state index contributed by atoms with van der Waals surface area (Å²) in [5.74, 6) is -0.215. The van der Waals surface area contributed by atoms with Gasteiger partial charge in [-0.2, -0.15) is 0 Å². The third-order valence-electron chi connectivity index (χ3n) is 6.91. The third-order valence-corrected chi connectivity index (χ3v) is 7.88. The maximum absolute atomic E-state index is 12.6. The minimum absolute atomic E-state index is 0.00549. The molecule has 0 aliphatic carbocycles. The van der Waals surface area contributed by atoms with Crippen molar-refractivity contribution in [1.82, 2.24) is 5.32 Å². The molecule has 0 rings (SSSR count). The van der Waals surface area contributed by atoms with Crippen LogP contribution in [-0.4, -0.2) is 68.5 Å². The fourth-order valence-corrected chi connectivity index (χ4v) is 4.95. The molecular formula is C32H63N2O6P.